The van der Waals surface area contributed by atoms with Crippen molar-refractivity contribution in [1.29, 1.82) is 0 Å². The van der Waals surface area contributed by atoms with Gasteiger partial charge in [-0.2, -0.15) is 0 Å². The van der Waals surface area contributed by atoms with E-state index in [-0.39, 0.29) is 11.1 Å². The second kappa shape index (κ2) is 18.0. The summed E-state index contributed by atoms with van der Waals surface area (Å²) < 4.78 is 11.5. The first-order valence-electron chi connectivity index (χ1n) is 15.3. The van der Waals surface area contributed by atoms with Crippen molar-refractivity contribution in [3.8, 4) is 22.3 Å². The van der Waals surface area contributed by atoms with E-state index in [2.05, 4.69) is 13.8 Å². The molecule has 0 spiro atoms. The van der Waals surface area contributed by atoms with Crippen molar-refractivity contribution in [3.63, 3.8) is 0 Å². The first kappa shape index (κ1) is 31.1. The van der Waals surface area contributed by atoms with Crippen LogP contribution in [0.2, 0.25) is 0 Å². The van der Waals surface area contributed by atoms with Crippen LogP contribution in [0.1, 0.15) is 112 Å². The Morgan fingerprint density at radius 2 is 1.00 bits per heavy atom. The van der Waals surface area contributed by atoms with Crippen molar-refractivity contribution >= 4 is 11.9 Å². The van der Waals surface area contributed by atoms with E-state index in [0.29, 0.717) is 18.8 Å². The molecule has 0 saturated carbocycles. The number of carbonyl (C=O) groups excluding carboxylic acids is 2. The summed E-state index contributed by atoms with van der Waals surface area (Å²) in [5.74, 6) is -0.950. The highest BCUT2D eigenvalue weighted by atomic mass is 16.5. The van der Waals surface area contributed by atoms with E-state index in [4.69, 9.17) is 9.47 Å². The molecule has 0 aliphatic carbocycles. The van der Waals surface area contributed by atoms with Crippen LogP contribution < -0.4 is 0 Å². The van der Waals surface area contributed by atoms with Crippen LogP contribution in [0.4, 0.5) is 0 Å². The number of hydrogen-bond acceptors (Lipinski definition) is 4. The van der Waals surface area contributed by atoms with Gasteiger partial charge in [-0.1, -0.05) is 145 Å². The van der Waals surface area contributed by atoms with Gasteiger partial charge in [0.2, 0.25) is 0 Å². The SMILES string of the molecule is CCCCCCCCOC(=O)c1ccc(-c2ccccc2)c(-c2ccccc2)c1C(=O)OCCCCCCCC. The number of unbranched alkanes of at least 4 members (excludes halogenated alkanes) is 10. The van der Waals surface area contributed by atoms with Crippen molar-refractivity contribution < 1.29 is 19.1 Å². The Morgan fingerprint density at radius 3 is 1.55 bits per heavy atom. The molecule has 0 N–H and O–H groups in total. The molecule has 4 heteroatoms. The smallest absolute Gasteiger partial charge is 0.339 e. The third kappa shape index (κ3) is 9.66. The molecule has 0 fully saturated rings. The molecule has 0 amide bonds. The summed E-state index contributed by atoms with van der Waals surface area (Å²) in [5.41, 5.74) is 3.96. The highest BCUT2D eigenvalue weighted by Gasteiger charge is 2.27. The second-order valence-electron chi connectivity index (χ2n) is 10.5. The minimum Gasteiger partial charge on any atom is -0.462 e. The Bertz CT molecular complexity index is 1150. The third-order valence-electron chi connectivity index (χ3n) is 7.24. The molecular formula is C36H46O4. The molecule has 40 heavy (non-hydrogen) atoms. The van der Waals surface area contributed by atoms with Crippen LogP contribution in [0.15, 0.2) is 72.8 Å². The minimum absolute atomic E-state index is 0.262. The second-order valence-corrected chi connectivity index (χ2v) is 10.5. The zero-order valence-electron chi connectivity index (χ0n) is 24.5. The Labute approximate surface area is 241 Å². The van der Waals surface area contributed by atoms with E-state index in [1.54, 1.807) is 6.07 Å². The number of carbonyl (C=O) groups is 2. The predicted octanol–water partition coefficient (Wildman–Crippen LogP) is 10.1. The van der Waals surface area contributed by atoms with Crippen molar-refractivity contribution in [2.75, 3.05) is 13.2 Å². The van der Waals surface area contributed by atoms with Crippen LogP contribution in [0.3, 0.4) is 0 Å². The largest absolute Gasteiger partial charge is 0.462 e. The number of benzene rings is 3. The van der Waals surface area contributed by atoms with E-state index < -0.39 is 11.9 Å². The minimum atomic E-state index is -0.475. The van der Waals surface area contributed by atoms with Crippen LogP contribution in [0.5, 0.6) is 0 Å². The van der Waals surface area contributed by atoms with Crippen LogP contribution in [0, 0.1) is 0 Å². The van der Waals surface area contributed by atoms with Gasteiger partial charge in [-0.3, -0.25) is 0 Å². The molecule has 0 saturated heterocycles. The van der Waals surface area contributed by atoms with Gasteiger partial charge >= 0.3 is 11.9 Å². The van der Waals surface area contributed by atoms with Gasteiger partial charge in [0.05, 0.1) is 24.3 Å². The number of esters is 2. The number of ether oxygens (including phenoxy) is 2. The van der Waals surface area contributed by atoms with Crippen LogP contribution >= 0.6 is 0 Å². The lowest BCUT2D eigenvalue weighted by Crippen LogP contribution is -2.17. The molecule has 214 valence electrons. The van der Waals surface area contributed by atoms with E-state index in [0.717, 1.165) is 55.2 Å². The molecule has 0 aliphatic rings. The molecule has 0 heterocycles. The molecule has 4 nitrogen and oxygen atoms in total. The van der Waals surface area contributed by atoms with E-state index >= 15 is 0 Å². The summed E-state index contributed by atoms with van der Waals surface area (Å²) in [6.45, 7) is 5.08. The fourth-order valence-corrected chi connectivity index (χ4v) is 4.99. The zero-order chi connectivity index (χ0) is 28.4. The fraction of sp³-hybridized carbons (Fsp3) is 0.444. The maximum atomic E-state index is 13.7. The normalized spacial score (nSPS) is 10.8. The maximum absolute atomic E-state index is 13.7. The first-order valence-corrected chi connectivity index (χ1v) is 15.3. The molecule has 0 unspecified atom stereocenters. The average Bonchev–Trinajstić information content (AvgIpc) is 3.00. The van der Waals surface area contributed by atoms with E-state index in [1.807, 2.05) is 66.7 Å². The van der Waals surface area contributed by atoms with Gasteiger partial charge in [0.15, 0.2) is 0 Å². The van der Waals surface area contributed by atoms with Gasteiger partial charge in [0.1, 0.15) is 0 Å². The standard InChI is InChI=1S/C36H46O4/c1-3-5-7-9-11-19-27-39-35(37)32-26-25-31(29-21-15-13-16-22-29)33(30-23-17-14-18-24-30)34(32)36(38)40-28-20-12-10-8-6-4-2/h13-18,21-26H,3-12,19-20,27-28H2,1-2H3. The number of rotatable bonds is 18. The Hall–Kier alpha value is -3.40. The lowest BCUT2D eigenvalue weighted by Gasteiger charge is -2.18. The topological polar surface area (TPSA) is 52.6 Å². The van der Waals surface area contributed by atoms with Crippen LogP contribution in [-0.4, -0.2) is 25.2 Å². The Morgan fingerprint density at radius 1 is 0.525 bits per heavy atom. The molecule has 3 rings (SSSR count). The maximum Gasteiger partial charge on any atom is 0.339 e. The van der Waals surface area contributed by atoms with E-state index in [1.165, 1.54) is 38.5 Å². The summed E-state index contributed by atoms with van der Waals surface area (Å²) in [6, 6.07) is 23.4. The molecule has 0 bridgehead atoms. The van der Waals surface area contributed by atoms with Gasteiger partial charge in [-0.25, -0.2) is 9.59 Å². The summed E-state index contributed by atoms with van der Waals surface area (Å²) in [5, 5.41) is 0. The van der Waals surface area contributed by atoms with Gasteiger partial charge in [-0.15, -0.1) is 0 Å². The molecule has 0 radical (unpaired) electrons. The monoisotopic (exact) mass is 542 g/mol. The molecule has 0 aromatic heterocycles. The van der Waals surface area contributed by atoms with Crippen molar-refractivity contribution in [3.05, 3.63) is 83.9 Å². The van der Waals surface area contributed by atoms with E-state index in [9.17, 15) is 9.59 Å². The highest BCUT2D eigenvalue weighted by molar-refractivity contribution is 6.10. The highest BCUT2D eigenvalue weighted by Crippen LogP contribution is 2.37. The first-order chi connectivity index (χ1) is 19.7. The predicted molar refractivity (Wildman–Crippen MR) is 165 cm³/mol. The quantitative estimate of drug-likeness (QED) is 0.118. The zero-order valence-corrected chi connectivity index (χ0v) is 24.5. The summed E-state index contributed by atoms with van der Waals surface area (Å²) in [7, 11) is 0. The summed E-state index contributed by atoms with van der Waals surface area (Å²) in [4.78, 5) is 27.1. The number of hydrogen-bond donors (Lipinski definition) is 0. The van der Waals surface area contributed by atoms with Gasteiger partial charge in [-0.05, 0) is 35.6 Å². The van der Waals surface area contributed by atoms with Crippen molar-refractivity contribution in [2.45, 2.75) is 90.9 Å². The third-order valence-corrected chi connectivity index (χ3v) is 7.24. The lowest BCUT2D eigenvalue weighted by molar-refractivity contribution is 0.0451. The van der Waals surface area contributed by atoms with Crippen LogP contribution in [-0.2, 0) is 9.47 Å². The average molecular weight is 543 g/mol. The summed E-state index contributed by atoms with van der Waals surface area (Å²) in [6.07, 6.45) is 13.3. The van der Waals surface area contributed by atoms with Gasteiger partial charge in [0, 0.05) is 5.56 Å². The fourth-order valence-electron chi connectivity index (χ4n) is 4.99. The Kier molecular flexibility index (Phi) is 14.0. The summed E-state index contributed by atoms with van der Waals surface area (Å²) >= 11 is 0. The molecule has 0 atom stereocenters. The van der Waals surface area contributed by atoms with Crippen LogP contribution in [0.25, 0.3) is 22.3 Å². The van der Waals surface area contributed by atoms with Gasteiger partial charge < -0.3 is 9.47 Å². The molecular weight excluding hydrogens is 496 g/mol. The molecule has 3 aromatic rings. The lowest BCUT2D eigenvalue weighted by atomic mass is 9.87. The van der Waals surface area contributed by atoms with Crippen molar-refractivity contribution in [2.24, 2.45) is 0 Å². The molecule has 3 aromatic carbocycles. The Balaban J connectivity index is 1.89. The van der Waals surface area contributed by atoms with Gasteiger partial charge in [0.25, 0.3) is 0 Å². The molecule has 0 aliphatic heterocycles. The van der Waals surface area contributed by atoms with Crippen molar-refractivity contribution in [1.82, 2.24) is 0 Å².